The summed E-state index contributed by atoms with van der Waals surface area (Å²) in [6.07, 6.45) is 2.23. The monoisotopic (exact) mass is 349 g/mol. The molecule has 0 unspecified atom stereocenters. The normalized spacial score (nSPS) is 15.8. The van der Waals surface area contributed by atoms with Gasteiger partial charge >= 0.3 is 5.97 Å². The molecule has 122 valence electrons. The van der Waals surface area contributed by atoms with E-state index < -0.39 is 11.4 Å². The highest BCUT2D eigenvalue weighted by atomic mass is 32.1. The molecule has 0 saturated heterocycles. The highest BCUT2D eigenvalue weighted by Gasteiger charge is 2.46. The van der Waals surface area contributed by atoms with Gasteiger partial charge in [0.05, 0.1) is 18.5 Å². The Bertz CT molecular complexity index is 624. The van der Waals surface area contributed by atoms with Crippen molar-refractivity contribution in [2.45, 2.75) is 38.8 Å². The zero-order valence-electron chi connectivity index (χ0n) is 12.7. The summed E-state index contributed by atoms with van der Waals surface area (Å²) in [5.41, 5.74) is -0.833. The van der Waals surface area contributed by atoms with Gasteiger partial charge in [-0.15, -0.1) is 22.7 Å². The van der Waals surface area contributed by atoms with Crippen molar-refractivity contribution in [3.05, 3.63) is 44.8 Å². The lowest BCUT2D eigenvalue weighted by Gasteiger charge is -2.38. The van der Waals surface area contributed by atoms with Crippen LogP contribution in [0.4, 0.5) is 0 Å². The molecule has 0 aromatic carbocycles. The van der Waals surface area contributed by atoms with Crippen LogP contribution in [0.1, 0.15) is 35.4 Å². The summed E-state index contributed by atoms with van der Waals surface area (Å²) in [5.74, 6) is -0.891. The van der Waals surface area contributed by atoms with Crippen molar-refractivity contribution in [2.24, 2.45) is 5.41 Å². The van der Waals surface area contributed by atoms with Crippen molar-refractivity contribution in [3.8, 4) is 0 Å². The van der Waals surface area contributed by atoms with Crippen LogP contribution in [0.2, 0.25) is 0 Å². The van der Waals surface area contributed by atoms with Gasteiger partial charge in [0.2, 0.25) is 5.91 Å². The molecular formula is C17H19NO3S2. The molecule has 2 aromatic heterocycles. The maximum atomic E-state index is 12.8. The summed E-state index contributed by atoms with van der Waals surface area (Å²) < 4.78 is 0. The Kier molecular flexibility index (Phi) is 4.82. The molecule has 0 radical (unpaired) electrons. The van der Waals surface area contributed by atoms with Crippen LogP contribution in [0.15, 0.2) is 35.0 Å². The quantitative estimate of drug-likeness (QED) is 0.822. The maximum Gasteiger partial charge on any atom is 0.310 e. The van der Waals surface area contributed by atoms with Gasteiger partial charge < -0.3 is 10.0 Å². The van der Waals surface area contributed by atoms with Crippen molar-refractivity contribution in [3.63, 3.8) is 0 Å². The summed E-state index contributed by atoms with van der Waals surface area (Å²) in [6.45, 7) is 1.09. The number of carbonyl (C=O) groups excluding carboxylic acids is 1. The van der Waals surface area contributed by atoms with E-state index in [0.29, 0.717) is 25.9 Å². The molecular weight excluding hydrogens is 330 g/mol. The van der Waals surface area contributed by atoms with Crippen LogP contribution in [-0.4, -0.2) is 21.9 Å². The summed E-state index contributed by atoms with van der Waals surface area (Å²) in [5, 5.41) is 13.4. The van der Waals surface area contributed by atoms with Crippen LogP contribution in [0.25, 0.3) is 0 Å². The number of nitrogens with zero attached hydrogens (tertiary/aromatic N) is 1. The van der Waals surface area contributed by atoms with Gasteiger partial charge in [-0.25, -0.2) is 0 Å². The van der Waals surface area contributed by atoms with E-state index in [0.717, 1.165) is 16.2 Å². The first-order valence-corrected chi connectivity index (χ1v) is 9.41. The van der Waals surface area contributed by atoms with E-state index in [4.69, 9.17) is 0 Å². The third-order valence-electron chi connectivity index (χ3n) is 4.46. The predicted octanol–water partition coefficient (Wildman–Crippen LogP) is 3.98. The van der Waals surface area contributed by atoms with Crippen LogP contribution in [-0.2, 0) is 22.7 Å². The van der Waals surface area contributed by atoms with Crippen LogP contribution in [0.3, 0.4) is 0 Å². The first-order valence-electron chi connectivity index (χ1n) is 7.65. The minimum absolute atomic E-state index is 0.0612. The average molecular weight is 349 g/mol. The maximum absolute atomic E-state index is 12.8. The molecule has 0 atom stereocenters. The minimum Gasteiger partial charge on any atom is -0.481 e. The molecule has 2 aromatic rings. The van der Waals surface area contributed by atoms with Gasteiger partial charge in [0.15, 0.2) is 0 Å². The first kappa shape index (κ1) is 16.2. The van der Waals surface area contributed by atoms with E-state index in [1.165, 1.54) is 0 Å². The molecule has 0 spiro atoms. The molecule has 0 bridgehead atoms. The second-order valence-corrected chi connectivity index (χ2v) is 8.09. The Balaban J connectivity index is 1.73. The first-order chi connectivity index (χ1) is 11.1. The number of aliphatic carboxylic acids is 1. The molecule has 1 saturated carbocycles. The molecule has 6 heteroatoms. The molecule has 1 N–H and O–H groups in total. The minimum atomic E-state index is -0.833. The lowest BCUT2D eigenvalue weighted by molar-refractivity contribution is -0.159. The Hall–Kier alpha value is -1.66. The number of hydrogen-bond acceptors (Lipinski definition) is 4. The van der Waals surface area contributed by atoms with Crippen molar-refractivity contribution in [1.29, 1.82) is 0 Å². The molecule has 3 rings (SSSR count). The SMILES string of the molecule is O=C(CC1(C(=O)O)CCC1)N(Cc1cccs1)Cc1cccs1. The third-order valence-corrected chi connectivity index (χ3v) is 6.18. The fourth-order valence-corrected chi connectivity index (χ4v) is 4.32. The summed E-state index contributed by atoms with van der Waals surface area (Å²) in [7, 11) is 0. The van der Waals surface area contributed by atoms with E-state index in [1.54, 1.807) is 27.6 Å². The molecule has 1 fully saturated rings. The number of carboxylic acid groups (broad SMARTS) is 1. The molecule has 2 heterocycles. The molecule has 1 aliphatic carbocycles. The lowest BCUT2D eigenvalue weighted by Crippen LogP contribution is -2.43. The lowest BCUT2D eigenvalue weighted by atomic mass is 9.66. The van der Waals surface area contributed by atoms with Crippen LogP contribution in [0.5, 0.6) is 0 Å². The Morgan fingerprint density at radius 1 is 1.09 bits per heavy atom. The van der Waals surface area contributed by atoms with E-state index in [2.05, 4.69) is 0 Å². The van der Waals surface area contributed by atoms with Gasteiger partial charge in [0, 0.05) is 16.2 Å². The topological polar surface area (TPSA) is 57.6 Å². The second kappa shape index (κ2) is 6.84. The molecule has 1 aliphatic rings. The largest absolute Gasteiger partial charge is 0.481 e. The smallest absolute Gasteiger partial charge is 0.310 e. The highest BCUT2D eigenvalue weighted by molar-refractivity contribution is 7.10. The van der Waals surface area contributed by atoms with Crippen LogP contribution in [0, 0.1) is 5.41 Å². The molecule has 4 nitrogen and oxygen atoms in total. The zero-order valence-corrected chi connectivity index (χ0v) is 14.4. The number of amides is 1. The van der Waals surface area contributed by atoms with E-state index in [9.17, 15) is 14.7 Å². The molecule has 0 aliphatic heterocycles. The number of carboxylic acids is 1. The Morgan fingerprint density at radius 3 is 2.00 bits per heavy atom. The predicted molar refractivity (Wildman–Crippen MR) is 91.4 cm³/mol. The van der Waals surface area contributed by atoms with Gasteiger partial charge in [-0.05, 0) is 35.7 Å². The van der Waals surface area contributed by atoms with Crippen molar-refractivity contribution in [2.75, 3.05) is 0 Å². The van der Waals surface area contributed by atoms with Gasteiger partial charge in [-0.3, -0.25) is 9.59 Å². The van der Waals surface area contributed by atoms with E-state index >= 15 is 0 Å². The zero-order chi connectivity index (χ0) is 16.3. The van der Waals surface area contributed by atoms with E-state index in [1.807, 2.05) is 35.0 Å². The molecule has 1 amide bonds. The molecule has 23 heavy (non-hydrogen) atoms. The average Bonchev–Trinajstić information content (AvgIpc) is 3.14. The highest BCUT2D eigenvalue weighted by Crippen LogP contribution is 2.44. The van der Waals surface area contributed by atoms with Crippen molar-refractivity contribution in [1.82, 2.24) is 4.90 Å². The van der Waals surface area contributed by atoms with Gasteiger partial charge in [-0.1, -0.05) is 18.6 Å². The van der Waals surface area contributed by atoms with Crippen LogP contribution >= 0.6 is 22.7 Å². The van der Waals surface area contributed by atoms with Gasteiger partial charge in [0.25, 0.3) is 0 Å². The fraction of sp³-hybridized carbons (Fsp3) is 0.412. The van der Waals surface area contributed by atoms with Crippen molar-refractivity contribution < 1.29 is 14.7 Å². The summed E-state index contributed by atoms with van der Waals surface area (Å²) in [4.78, 5) is 28.3. The second-order valence-electron chi connectivity index (χ2n) is 6.02. The number of thiophene rings is 2. The Morgan fingerprint density at radius 2 is 1.65 bits per heavy atom. The summed E-state index contributed by atoms with van der Waals surface area (Å²) in [6, 6.07) is 7.96. The standard InChI is InChI=1S/C17H19NO3S2/c19-15(10-17(16(20)21)6-3-7-17)18(11-13-4-1-8-22-13)12-14-5-2-9-23-14/h1-2,4-5,8-9H,3,6-7,10-12H2,(H,20,21). The van der Waals surface area contributed by atoms with Gasteiger partial charge in [0.1, 0.15) is 0 Å². The number of rotatable bonds is 7. The van der Waals surface area contributed by atoms with Crippen molar-refractivity contribution >= 4 is 34.6 Å². The summed E-state index contributed by atoms with van der Waals surface area (Å²) >= 11 is 3.24. The van der Waals surface area contributed by atoms with Crippen LogP contribution < -0.4 is 0 Å². The Labute approximate surface area is 143 Å². The number of carbonyl (C=O) groups is 2. The van der Waals surface area contributed by atoms with E-state index in [-0.39, 0.29) is 12.3 Å². The fourth-order valence-electron chi connectivity index (χ4n) is 2.88. The number of hydrogen-bond donors (Lipinski definition) is 1. The van der Waals surface area contributed by atoms with Gasteiger partial charge in [-0.2, -0.15) is 0 Å². The third kappa shape index (κ3) is 3.64.